The first-order valence-electron chi connectivity index (χ1n) is 7.68. The largest absolute Gasteiger partial charge is 0.301 e. The predicted molar refractivity (Wildman–Crippen MR) is 105 cm³/mol. The highest BCUT2D eigenvalue weighted by Crippen LogP contribution is 2.38. The summed E-state index contributed by atoms with van der Waals surface area (Å²) in [6.45, 7) is 1.45. The smallest absolute Gasteiger partial charge is 0.236 e. The van der Waals surface area contributed by atoms with Crippen molar-refractivity contribution in [3.63, 3.8) is 0 Å². The average Bonchev–Trinajstić information content (AvgIpc) is 3.05. The van der Waals surface area contributed by atoms with Gasteiger partial charge < -0.3 is 5.32 Å². The number of carbonyl (C=O) groups is 2. The van der Waals surface area contributed by atoms with E-state index in [1.54, 1.807) is 0 Å². The fourth-order valence-electron chi connectivity index (χ4n) is 2.27. The number of nitrogens with zero attached hydrogens (tertiary/aromatic N) is 1. The van der Waals surface area contributed by atoms with E-state index in [1.807, 2.05) is 60.7 Å². The highest BCUT2D eigenvalue weighted by Gasteiger charge is 2.16. The van der Waals surface area contributed by atoms with E-state index >= 15 is 0 Å². The minimum absolute atomic E-state index is 0.0794. The summed E-state index contributed by atoms with van der Waals surface area (Å²) >= 11 is 2.42. The van der Waals surface area contributed by atoms with Crippen LogP contribution in [0.25, 0.3) is 21.7 Å². The molecule has 25 heavy (non-hydrogen) atoms. The summed E-state index contributed by atoms with van der Waals surface area (Å²) in [5.74, 6) is -0.135. The summed E-state index contributed by atoms with van der Waals surface area (Å²) in [4.78, 5) is 28.6. The van der Waals surface area contributed by atoms with Crippen molar-refractivity contribution in [2.45, 2.75) is 6.92 Å². The molecule has 0 saturated heterocycles. The summed E-state index contributed by atoms with van der Waals surface area (Å²) in [7, 11) is 0. The molecule has 1 amide bonds. The molecule has 1 N–H and O–H groups in total. The Kier molecular flexibility index (Phi) is 5.63. The lowest BCUT2D eigenvalue weighted by Crippen LogP contribution is -2.14. The average molecular weight is 368 g/mol. The minimum atomic E-state index is -0.229. The van der Waals surface area contributed by atoms with Crippen molar-refractivity contribution in [3.05, 3.63) is 60.7 Å². The Morgan fingerprint density at radius 2 is 1.60 bits per heavy atom. The van der Waals surface area contributed by atoms with Gasteiger partial charge in [-0.1, -0.05) is 83.8 Å². The van der Waals surface area contributed by atoms with Crippen LogP contribution >= 0.6 is 23.1 Å². The number of benzene rings is 2. The summed E-state index contributed by atoms with van der Waals surface area (Å²) < 4.78 is 0. The van der Waals surface area contributed by atoms with Crippen LogP contribution in [0.2, 0.25) is 0 Å². The second-order valence-corrected chi connectivity index (χ2v) is 7.41. The first-order valence-corrected chi connectivity index (χ1v) is 9.48. The van der Waals surface area contributed by atoms with Crippen molar-refractivity contribution in [2.75, 3.05) is 11.1 Å². The van der Waals surface area contributed by atoms with E-state index in [4.69, 9.17) is 0 Å². The van der Waals surface area contributed by atoms with Crippen molar-refractivity contribution >= 4 is 39.3 Å². The van der Waals surface area contributed by atoms with Gasteiger partial charge in [-0.25, -0.2) is 4.98 Å². The van der Waals surface area contributed by atoms with Gasteiger partial charge in [0.2, 0.25) is 5.91 Å². The van der Waals surface area contributed by atoms with Crippen LogP contribution in [-0.2, 0) is 9.59 Å². The van der Waals surface area contributed by atoms with E-state index in [2.05, 4.69) is 10.3 Å². The van der Waals surface area contributed by atoms with E-state index in [-0.39, 0.29) is 16.8 Å². The molecule has 0 aliphatic carbocycles. The number of rotatable bonds is 5. The monoisotopic (exact) mass is 368 g/mol. The Hall–Kier alpha value is -2.44. The fourth-order valence-corrected chi connectivity index (χ4v) is 3.69. The van der Waals surface area contributed by atoms with E-state index < -0.39 is 0 Å². The molecule has 0 saturated carbocycles. The predicted octanol–water partition coefficient (Wildman–Crippen LogP) is 4.70. The molecule has 0 atom stereocenters. The molecule has 2 aromatic carbocycles. The van der Waals surface area contributed by atoms with Crippen molar-refractivity contribution in [1.82, 2.24) is 4.98 Å². The Morgan fingerprint density at radius 1 is 1.00 bits per heavy atom. The molecule has 0 fully saturated rings. The molecule has 0 bridgehead atoms. The third-order valence-electron chi connectivity index (χ3n) is 3.36. The molecule has 0 unspecified atom stereocenters. The number of thioether (sulfide) groups is 1. The molecule has 0 spiro atoms. The highest BCUT2D eigenvalue weighted by atomic mass is 32.2. The third kappa shape index (κ3) is 4.55. The molecular weight excluding hydrogens is 352 g/mol. The SMILES string of the molecule is CC(=O)SCC(=O)Nc1nc(-c2ccccc2)c(-c2ccccc2)s1. The molecule has 6 heteroatoms. The molecule has 126 valence electrons. The maximum absolute atomic E-state index is 12.0. The number of nitrogens with one attached hydrogen (secondary N) is 1. The summed E-state index contributed by atoms with van der Waals surface area (Å²) in [6.07, 6.45) is 0. The molecule has 1 heterocycles. The fraction of sp³-hybridized carbons (Fsp3) is 0.105. The normalized spacial score (nSPS) is 10.4. The maximum atomic E-state index is 12.0. The van der Waals surface area contributed by atoms with Gasteiger partial charge in [-0.05, 0) is 5.56 Å². The zero-order valence-electron chi connectivity index (χ0n) is 13.6. The van der Waals surface area contributed by atoms with E-state index in [1.165, 1.54) is 18.3 Å². The molecule has 0 aliphatic heterocycles. The second-order valence-electron chi connectivity index (χ2n) is 5.26. The molecule has 0 aliphatic rings. The Labute approximate surface area is 154 Å². The molecule has 4 nitrogen and oxygen atoms in total. The van der Waals surface area contributed by atoms with Crippen molar-refractivity contribution in [1.29, 1.82) is 0 Å². The number of hydrogen-bond acceptors (Lipinski definition) is 5. The third-order valence-corrected chi connectivity index (χ3v) is 5.20. The molecule has 0 radical (unpaired) electrons. The van der Waals surface area contributed by atoms with Crippen LogP contribution in [0.15, 0.2) is 60.7 Å². The van der Waals surface area contributed by atoms with E-state index in [0.29, 0.717) is 5.13 Å². The first-order chi connectivity index (χ1) is 12.1. The minimum Gasteiger partial charge on any atom is -0.301 e. The molecule has 3 aromatic rings. The number of amides is 1. The van der Waals surface area contributed by atoms with E-state index in [9.17, 15) is 9.59 Å². The molecule has 3 rings (SSSR count). The van der Waals surface area contributed by atoms with Crippen LogP contribution in [0.4, 0.5) is 5.13 Å². The second kappa shape index (κ2) is 8.09. The summed E-state index contributed by atoms with van der Waals surface area (Å²) in [5.41, 5.74) is 2.89. The zero-order chi connectivity index (χ0) is 17.6. The molecular formula is C19H16N2O2S2. The van der Waals surface area contributed by atoms with Crippen LogP contribution in [0.3, 0.4) is 0 Å². The van der Waals surface area contributed by atoms with Gasteiger partial charge in [-0.15, -0.1) is 0 Å². The zero-order valence-corrected chi connectivity index (χ0v) is 15.2. The van der Waals surface area contributed by atoms with Gasteiger partial charge in [0.25, 0.3) is 0 Å². The lowest BCUT2D eigenvalue weighted by atomic mass is 10.1. The van der Waals surface area contributed by atoms with Crippen LogP contribution < -0.4 is 5.32 Å². The van der Waals surface area contributed by atoms with Crippen LogP contribution in [-0.4, -0.2) is 21.8 Å². The number of thiazole rings is 1. The number of hydrogen-bond donors (Lipinski definition) is 1. The number of aromatic nitrogens is 1. The number of anilines is 1. The van der Waals surface area contributed by atoms with E-state index in [0.717, 1.165) is 33.5 Å². The van der Waals surface area contributed by atoms with Gasteiger partial charge in [0, 0.05) is 12.5 Å². The van der Waals surface area contributed by atoms with Gasteiger partial charge >= 0.3 is 0 Å². The highest BCUT2D eigenvalue weighted by molar-refractivity contribution is 8.14. The van der Waals surface area contributed by atoms with Gasteiger partial charge in [0.05, 0.1) is 16.3 Å². The topological polar surface area (TPSA) is 59.1 Å². The summed E-state index contributed by atoms with van der Waals surface area (Å²) in [6, 6.07) is 19.9. The Morgan fingerprint density at radius 3 is 2.20 bits per heavy atom. The Balaban J connectivity index is 1.92. The van der Waals surface area contributed by atoms with Crippen LogP contribution in [0, 0.1) is 0 Å². The molecule has 1 aromatic heterocycles. The maximum Gasteiger partial charge on any atom is 0.236 e. The lowest BCUT2D eigenvalue weighted by molar-refractivity contribution is -0.114. The van der Waals surface area contributed by atoms with Gasteiger partial charge in [0.1, 0.15) is 0 Å². The van der Waals surface area contributed by atoms with Gasteiger partial charge in [0.15, 0.2) is 10.2 Å². The quantitative estimate of drug-likeness (QED) is 0.709. The van der Waals surface area contributed by atoms with Crippen molar-refractivity contribution < 1.29 is 9.59 Å². The van der Waals surface area contributed by atoms with Crippen LogP contribution in [0.5, 0.6) is 0 Å². The van der Waals surface area contributed by atoms with Gasteiger partial charge in [-0.3, -0.25) is 9.59 Å². The summed E-state index contributed by atoms with van der Waals surface area (Å²) in [5, 5.41) is 3.25. The van der Waals surface area contributed by atoms with Crippen molar-refractivity contribution in [3.8, 4) is 21.7 Å². The van der Waals surface area contributed by atoms with Gasteiger partial charge in [-0.2, -0.15) is 0 Å². The number of carbonyl (C=O) groups excluding carboxylic acids is 2. The Bertz CT molecular complexity index is 820. The van der Waals surface area contributed by atoms with Crippen LogP contribution in [0.1, 0.15) is 6.92 Å². The van der Waals surface area contributed by atoms with Crippen molar-refractivity contribution in [2.24, 2.45) is 0 Å². The lowest BCUT2D eigenvalue weighted by Gasteiger charge is -2.02. The first kappa shape index (κ1) is 17.4. The standard InChI is InChI=1S/C19H16N2O2S2/c1-13(22)24-12-16(23)20-19-21-17(14-8-4-2-5-9-14)18(25-19)15-10-6-3-7-11-15/h2-11H,12H2,1H3,(H,20,21,23).